The van der Waals surface area contributed by atoms with Crippen molar-refractivity contribution >= 4 is 28.9 Å². The predicted octanol–water partition coefficient (Wildman–Crippen LogP) is 5.50. The van der Waals surface area contributed by atoms with Crippen molar-refractivity contribution in [3.05, 3.63) is 87.9 Å². The Hall–Kier alpha value is -2.90. The Morgan fingerprint density at radius 2 is 1.77 bits per heavy atom. The minimum Gasteiger partial charge on any atom is -0.485 e. The standard InChI is InChI=1S/C23H21N3O2S2/c1-16-8-6-7-11-20(16)28-14-22-24-25-23(26(22)18-9-4-3-5-10-18)29-15-19(27)21-13-12-17(2)30-21/h3-13H,14-15H2,1-2H3. The first-order valence-corrected chi connectivity index (χ1v) is 11.3. The van der Waals surface area contributed by atoms with Gasteiger partial charge in [0.05, 0.1) is 10.6 Å². The van der Waals surface area contributed by atoms with Gasteiger partial charge in [-0.3, -0.25) is 9.36 Å². The summed E-state index contributed by atoms with van der Waals surface area (Å²) in [7, 11) is 0. The molecule has 0 radical (unpaired) electrons. The van der Waals surface area contributed by atoms with Crippen molar-refractivity contribution in [2.24, 2.45) is 0 Å². The summed E-state index contributed by atoms with van der Waals surface area (Å²) < 4.78 is 7.95. The number of Topliss-reactive ketones (excluding diaryl/α,β-unsaturated/α-hetero) is 1. The fourth-order valence-corrected chi connectivity index (χ4v) is 4.72. The molecule has 0 N–H and O–H groups in total. The van der Waals surface area contributed by atoms with Crippen molar-refractivity contribution in [3.63, 3.8) is 0 Å². The topological polar surface area (TPSA) is 57.0 Å². The summed E-state index contributed by atoms with van der Waals surface area (Å²) in [5.74, 6) is 1.91. The van der Waals surface area contributed by atoms with Gasteiger partial charge in [0, 0.05) is 10.6 Å². The molecule has 0 aliphatic carbocycles. The molecule has 0 bridgehead atoms. The van der Waals surface area contributed by atoms with Gasteiger partial charge in [0.15, 0.2) is 16.8 Å². The fraction of sp³-hybridized carbons (Fsp3) is 0.174. The van der Waals surface area contributed by atoms with Crippen LogP contribution in [0.15, 0.2) is 71.9 Å². The van der Waals surface area contributed by atoms with Crippen LogP contribution in [0.2, 0.25) is 0 Å². The van der Waals surface area contributed by atoms with E-state index in [-0.39, 0.29) is 12.4 Å². The lowest BCUT2D eigenvalue weighted by Crippen LogP contribution is -2.08. The van der Waals surface area contributed by atoms with E-state index in [1.807, 2.05) is 85.1 Å². The number of para-hydroxylation sites is 2. The molecule has 0 atom stereocenters. The summed E-state index contributed by atoms with van der Waals surface area (Å²) in [6.45, 7) is 4.29. The number of hydrogen-bond acceptors (Lipinski definition) is 6. The van der Waals surface area contributed by atoms with E-state index in [1.165, 1.54) is 23.1 Å². The van der Waals surface area contributed by atoms with Crippen LogP contribution in [0.3, 0.4) is 0 Å². The third-order valence-corrected chi connectivity index (χ3v) is 6.48. The van der Waals surface area contributed by atoms with E-state index in [0.29, 0.717) is 16.7 Å². The highest BCUT2D eigenvalue weighted by Crippen LogP contribution is 2.26. The molecule has 0 saturated heterocycles. The third-order valence-electron chi connectivity index (χ3n) is 4.51. The maximum Gasteiger partial charge on any atom is 0.196 e. The Kier molecular flexibility index (Phi) is 6.30. The van der Waals surface area contributed by atoms with Crippen molar-refractivity contribution in [3.8, 4) is 11.4 Å². The van der Waals surface area contributed by atoms with E-state index >= 15 is 0 Å². The lowest BCUT2D eigenvalue weighted by atomic mass is 10.2. The highest BCUT2D eigenvalue weighted by molar-refractivity contribution is 7.99. The number of rotatable bonds is 8. The molecule has 7 heteroatoms. The number of aryl methyl sites for hydroxylation is 2. The van der Waals surface area contributed by atoms with E-state index in [9.17, 15) is 4.79 Å². The molecular formula is C23H21N3O2S2. The summed E-state index contributed by atoms with van der Waals surface area (Å²) in [4.78, 5) is 14.4. The van der Waals surface area contributed by atoms with Gasteiger partial charge in [-0.05, 0) is 49.7 Å². The molecule has 4 aromatic rings. The summed E-state index contributed by atoms with van der Waals surface area (Å²) in [5.41, 5.74) is 2.00. The van der Waals surface area contributed by atoms with Gasteiger partial charge in [0.2, 0.25) is 0 Å². The molecule has 0 unspecified atom stereocenters. The van der Waals surface area contributed by atoms with Crippen LogP contribution in [0.4, 0.5) is 0 Å². The molecule has 2 aromatic carbocycles. The number of nitrogens with zero attached hydrogens (tertiary/aromatic N) is 3. The SMILES string of the molecule is Cc1ccc(C(=O)CSc2nnc(COc3ccccc3C)n2-c2ccccc2)s1. The van der Waals surface area contributed by atoms with Crippen molar-refractivity contribution < 1.29 is 9.53 Å². The van der Waals surface area contributed by atoms with Crippen LogP contribution in [0.1, 0.15) is 25.9 Å². The van der Waals surface area contributed by atoms with Crippen LogP contribution in [0.25, 0.3) is 5.69 Å². The Morgan fingerprint density at radius 1 is 1.00 bits per heavy atom. The second-order valence-electron chi connectivity index (χ2n) is 6.75. The molecule has 2 aromatic heterocycles. The minimum absolute atomic E-state index is 0.0958. The molecule has 4 rings (SSSR count). The Bertz CT molecular complexity index is 1150. The zero-order chi connectivity index (χ0) is 20.9. The van der Waals surface area contributed by atoms with E-state index in [2.05, 4.69) is 10.2 Å². The predicted molar refractivity (Wildman–Crippen MR) is 121 cm³/mol. The molecule has 0 amide bonds. The molecule has 2 heterocycles. The number of carbonyl (C=O) groups excluding carboxylic acids is 1. The number of thioether (sulfide) groups is 1. The number of aromatic nitrogens is 3. The number of thiophene rings is 1. The van der Waals surface area contributed by atoms with Gasteiger partial charge in [-0.1, -0.05) is 48.2 Å². The van der Waals surface area contributed by atoms with Crippen molar-refractivity contribution in [2.45, 2.75) is 25.6 Å². The Labute approximate surface area is 183 Å². The average Bonchev–Trinajstić information content (AvgIpc) is 3.38. The first-order valence-electron chi connectivity index (χ1n) is 9.52. The summed E-state index contributed by atoms with van der Waals surface area (Å²) in [6.07, 6.45) is 0. The van der Waals surface area contributed by atoms with Gasteiger partial charge >= 0.3 is 0 Å². The highest BCUT2D eigenvalue weighted by Gasteiger charge is 2.17. The van der Waals surface area contributed by atoms with Crippen LogP contribution >= 0.6 is 23.1 Å². The third kappa shape index (κ3) is 4.63. The molecule has 0 aliphatic rings. The molecule has 152 valence electrons. The monoisotopic (exact) mass is 435 g/mol. The number of hydrogen-bond donors (Lipinski definition) is 0. The second-order valence-corrected chi connectivity index (χ2v) is 8.98. The van der Waals surface area contributed by atoms with Gasteiger partial charge in [-0.25, -0.2) is 0 Å². The van der Waals surface area contributed by atoms with Crippen LogP contribution in [-0.4, -0.2) is 26.3 Å². The van der Waals surface area contributed by atoms with Gasteiger partial charge in [0.25, 0.3) is 0 Å². The van der Waals surface area contributed by atoms with Crippen molar-refractivity contribution in [1.82, 2.24) is 14.8 Å². The number of ketones is 1. The number of benzene rings is 2. The molecule has 30 heavy (non-hydrogen) atoms. The molecule has 0 spiro atoms. The van der Waals surface area contributed by atoms with Gasteiger partial charge in [-0.15, -0.1) is 21.5 Å². The van der Waals surface area contributed by atoms with E-state index in [4.69, 9.17) is 4.74 Å². The lowest BCUT2D eigenvalue weighted by Gasteiger charge is -2.12. The first kappa shape index (κ1) is 20.4. The second kappa shape index (κ2) is 9.28. The normalized spacial score (nSPS) is 10.9. The van der Waals surface area contributed by atoms with E-state index in [1.54, 1.807) is 0 Å². The fourth-order valence-electron chi connectivity index (χ4n) is 2.97. The van der Waals surface area contributed by atoms with E-state index < -0.39 is 0 Å². The summed E-state index contributed by atoms with van der Waals surface area (Å²) in [6, 6.07) is 21.6. The smallest absolute Gasteiger partial charge is 0.196 e. The van der Waals surface area contributed by atoms with Gasteiger partial charge in [0.1, 0.15) is 12.4 Å². The highest BCUT2D eigenvalue weighted by atomic mass is 32.2. The van der Waals surface area contributed by atoms with Crippen molar-refractivity contribution in [1.29, 1.82) is 0 Å². The number of carbonyl (C=O) groups is 1. The minimum atomic E-state index is 0.0958. The summed E-state index contributed by atoms with van der Waals surface area (Å²) in [5, 5.41) is 9.37. The maximum absolute atomic E-state index is 12.5. The van der Waals surface area contributed by atoms with Crippen LogP contribution in [0, 0.1) is 13.8 Å². The number of ether oxygens (including phenoxy) is 1. The molecule has 0 saturated carbocycles. The quantitative estimate of drug-likeness (QED) is 0.270. The average molecular weight is 436 g/mol. The van der Waals surface area contributed by atoms with Crippen LogP contribution in [0.5, 0.6) is 5.75 Å². The molecular weight excluding hydrogens is 414 g/mol. The summed E-state index contributed by atoms with van der Waals surface area (Å²) >= 11 is 2.91. The first-order chi connectivity index (χ1) is 14.6. The van der Waals surface area contributed by atoms with Crippen molar-refractivity contribution in [2.75, 3.05) is 5.75 Å². The zero-order valence-electron chi connectivity index (χ0n) is 16.7. The molecule has 0 fully saturated rings. The maximum atomic E-state index is 12.5. The van der Waals surface area contributed by atoms with E-state index in [0.717, 1.165) is 26.8 Å². The van der Waals surface area contributed by atoms with Gasteiger partial charge in [-0.2, -0.15) is 0 Å². The van der Waals surface area contributed by atoms with Gasteiger partial charge < -0.3 is 4.74 Å². The molecule has 0 aliphatic heterocycles. The Morgan fingerprint density at radius 3 is 2.50 bits per heavy atom. The van der Waals surface area contributed by atoms with Crippen LogP contribution < -0.4 is 4.74 Å². The Balaban J connectivity index is 1.56. The lowest BCUT2D eigenvalue weighted by molar-refractivity contribution is 0.102. The molecule has 5 nitrogen and oxygen atoms in total. The van der Waals surface area contributed by atoms with Crippen LogP contribution in [-0.2, 0) is 6.61 Å². The largest absolute Gasteiger partial charge is 0.485 e. The zero-order valence-corrected chi connectivity index (χ0v) is 18.4.